The number of ether oxygens (including phenoxy) is 2. The van der Waals surface area contributed by atoms with E-state index in [1.807, 2.05) is 36.4 Å². The van der Waals surface area contributed by atoms with Crippen molar-refractivity contribution >= 4 is 34.0 Å². The van der Waals surface area contributed by atoms with Crippen LogP contribution in [0.15, 0.2) is 42.7 Å². The summed E-state index contributed by atoms with van der Waals surface area (Å²) in [7, 11) is 0. The van der Waals surface area contributed by atoms with Crippen LogP contribution in [0.3, 0.4) is 0 Å². The topological polar surface area (TPSA) is 56.3 Å². The minimum absolute atomic E-state index is 0.258. The fourth-order valence-electron chi connectivity index (χ4n) is 2.24. The second-order valence-corrected chi connectivity index (χ2v) is 5.01. The summed E-state index contributed by atoms with van der Waals surface area (Å²) in [5, 5.41) is 4.82. The van der Waals surface area contributed by atoms with Gasteiger partial charge in [0.25, 0.3) is 0 Å². The van der Waals surface area contributed by atoms with Crippen molar-refractivity contribution in [3.63, 3.8) is 0 Å². The van der Waals surface area contributed by atoms with Gasteiger partial charge in [0.05, 0.1) is 5.52 Å². The molecule has 0 saturated carbocycles. The van der Waals surface area contributed by atoms with Crippen molar-refractivity contribution in [3.05, 3.63) is 47.7 Å². The predicted octanol–water partition coefficient (Wildman–Crippen LogP) is 3.76. The smallest absolute Gasteiger partial charge is 0.231 e. The van der Waals surface area contributed by atoms with Gasteiger partial charge in [-0.3, -0.25) is 0 Å². The molecule has 0 atom stereocenters. The summed E-state index contributed by atoms with van der Waals surface area (Å²) in [5.41, 5.74) is 1.66. The fourth-order valence-corrected chi connectivity index (χ4v) is 2.41. The lowest BCUT2D eigenvalue weighted by molar-refractivity contribution is 0.174. The Labute approximate surface area is 125 Å². The molecule has 0 aliphatic carbocycles. The molecule has 1 aromatic heterocycles. The Bertz CT molecular complexity index is 838. The molecule has 0 spiro atoms. The van der Waals surface area contributed by atoms with Crippen LogP contribution in [0.2, 0.25) is 5.02 Å². The van der Waals surface area contributed by atoms with E-state index in [0.717, 1.165) is 33.9 Å². The maximum Gasteiger partial charge on any atom is 0.231 e. The van der Waals surface area contributed by atoms with Crippen LogP contribution in [0.1, 0.15) is 0 Å². The van der Waals surface area contributed by atoms with Gasteiger partial charge in [0.2, 0.25) is 6.79 Å². The highest BCUT2D eigenvalue weighted by Gasteiger charge is 2.14. The summed E-state index contributed by atoms with van der Waals surface area (Å²) >= 11 is 5.98. The second kappa shape index (κ2) is 4.79. The van der Waals surface area contributed by atoms with Crippen LogP contribution in [0.25, 0.3) is 10.9 Å². The number of nitrogens with zero attached hydrogens (tertiary/aromatic N) is 2. The predicted molar refractivity (Wildman–Crippen MR) is 80.4 cm³/mol. The standard InChI is InChI=1S/C15H10ClN3O2/c16-9-1-3-11-12(5-9)17-7-18-15(11)19-10-2-4-13-14(6-10)21-8-20-13/h1-7H,8H2,(H,17,18,19). The van der Waals surface area contributed by atoms with Gasteiger partial charge in [-0.1, -0.05) is 11.6 Å². The molecule has 1 aliphatic rings. The third-order valence-electron chi connectivity index (χ3n) is 3.23. The van der Waals surface area contributed by atoms with E-state index in [0.29, 0.717) is 5.02 Å². The first kappa shape index (κ1) is 12.2. The van der Waals surface area contributed by atoms with Crippen LogP contribution < -0.4 is 14.8 Å². The molecule has 4 rings (SSSR count). The fraction of sp³-hybridized carbons (Fsp3) is 0.0667. The molecular formula is C15H10ClN3O2. The van der Waals surface area contributed by atoms with E-state index in [-0.39, 0.29) is 6.79 Å². The quantitative estimate of drug-likeness (QED) is 0.781. The van der Waals surface area contributed by atoms with Crippen molar-refractivity contribution in [1.29, 1.82) is 0 Å². The molecular weight excluding hydrogens is 290 g/mol. The van der Waals surface area contributed by atoms with Gasteiger partial charge >= 0.3 is 0 Å². The first-order valence-electron chi connectivity index (χ1n) is 6.36. The van der Waals surface area contributed by atoms with E-state index in [2.05, 4.69) is 15.3 Å². The molecule has 2 aromatic carbocycles. The minimum Gasteiger partial charge on any atom is -0.454 e. The van der Waals surface area contributed by atoms with Crippen LogP contribution >= 0.6 is 11.6 Å². The molecule has 21 heavy (non-hydrogen) atoms. The molecule has 1 aliphatic heterocycles. The Balaban J connectivity index is 1.74. The number of hydrogen-bond donors (Lipinski definition) is 1. The number of hydrogen-bond acceptors (Lipinski definition) is 5. The molecule has 0 amide bonds. The molecule has 2 heterocycles. The highest BCUT2D eigenvalue weighted by Crippen LogP contribution is 2.35. The number of benzene rings is 2. The molecule has 1 N–H and O–H groups in total. The zero-order valence-electron chi connectivity index (χ0n) is 10.8. The second-order valence-electron chi connectivity index (χ2n) is 4.58. The van der Waals surface area contributed by atoms with Crippen LogP contribution in [-0.4, -0.2) is 16.8 Å². The van der Waals surface area contributed by atoms with E-state index >= 15 is 0 Å². The summed E-state index contributed by atoms with van der Waals surface area (Å²) in [4.78, 5) is 8.51. The Morgan fingerprint density at radius 3 is 2.86 bits per heavy atom. The summed E-state index contributed by atoms with van der Waals surface area (Å²) in [6.07, 6.45) is 1.51. The van der Waals surface area contributed by atoms with E-state index in [1.165, 1.54) is 6.33 Å². The van der Waals surface area contributed by atoms with Crippen molar-refractivity contribution in [3.8, 4) is 11.5 Å². The van der Waals surface area contributed by atoms with Crippen LogP contribution in [0.5, 0.6) is 11.5 Å². The maximum atomic E-state index is 5.98. The monoisotopic (exact) mass is 299 g/mol. The maximum absolute atomic E-state index is 5.98. The number of rotatable bonds is 2. The van der Waals surface area contributed by atoms with Gasteiger partial charge < -0.3 is 14.8 Å². The van der Waals surface area contributed by atoms with Gasteiger partial charge in [-0.15, -0.1) is 0 Å². The van der Waals surface area contributed by atoms with Crippen molar-refractivity contribution in [2.75, 3.05) is 12.1 Å². The first-order chi connectivity index (χ1) is 10.3. The molecule has 0 radical (unpaired) electrons. The Kier molecular flexibility index (Phi) is 2.79. The molecule has 6 heteroatoms. The van der Waals surface area contributed by atoms with Gasteiger partial charge in [0.1, 0.15) is 12.1 Å². The van der Waals surface area contributed by atoms with Crippen LogP contribution in [0, 0.1) is 0 Å². The minimum atomic E-state index is 0.258. The summed E-state index contributed by atoms with van der Waals surface area (Å²) in [6, 6.07) is 11.2. The van der Waals surface area contributed by atoms with Gasteiger partial charge in [-0.2, -0.15) is 0 Å². The van der Waals surface area contributed by atoms with Crippen molar-refractivity contribution in [2.45, 2.75) is 0 Å². The Morgan fingerprint density at radius 1 is 1.00 bits per heavy atom. The first-order valence-corrected chi connectivity index (χ1v) is 6.74. The summed E-state index contributed by atoms with van der Waals surface area (Å²) in [6.45, 7) is 0.258. The molecule has 5 nitrogen and oxygen atoms in total. The van der Waals surface area contributed by atoms with Gasteiger partial charge in [0, 0.05) is 22.2 Å². The van der Waals surface area contributed by atoms with E-state index in [9.17, 15) is 0 Å². The number of halogens is 1. The number of aromatic nitrogens is 2. The van der Waals surface area contributed by atoms with Gasteiger partial charge in [-0.25, -0.2) is 9.97 Å². The molecule has 104 valence electrons. The average Bonchev–Trinajstić information content (AvgIpc) is 2.95. The highest BCUT2D eigenvalue weighted by molar-refractivity contribution is 6.31. The third-order valence-corrected chi connectivity index (χ3v) is 3.47. The van der Waals surface area contributed by atoms with Crippen molar-refractivity contribution < 1.29 is 9.47 Å². The zero-order chi connectivity index (χ0) is 14.2. The molecule has 0 unspecified atom stereocenters. The number of nitrogens with one attached hydrogen (secondary N) is 1. The largest absolute Gasteiger partial charge is 0.454 e. The van der Waals surface area contributed by atoms with E-state index < -0.39 is 0 Å². The lowest BCUT2D eigenvalue weighted by Gasteiger charge is -2.09. The molecule has 3 aromatic rings. The lowest BCUT2D eigenvalue weighted by Crippen LogP contribution is -1.96. The third kappa shape index (κ3) is 2.21. The van der Waals surface area contributed by atoms with Gasteiger partial charge in [0.15, 0.2) is 11.5 Å². The Morgan fingerprint density at radius 2 is 1.90 bits per heavy atom. The van der Waals surface area contributed by atoms with E-state index in [1.54, 1.807) is 0 Å². The number of fused-ring (bicyclic) bond motifs is 2. The molecule has 0 fully saturated rings. The number of anilines is 2. The van der Waals surface area contributed by atoms with Gasteiger partial charge in [-0.05, 0) is 30.3 Å². The van der Waals surface area contributed by atoms with Crippen LogP contribution in [-0.2, 0) is 0 Å². The summed E-state index contributed by atoms with van der Waals surface area (Å²) in [5.74, 6) is 2.19. The van der Waals surface area contributed by atoms with E-state index in [4.69, 9.17) is 21.1 Å². The summed E-state index contributed by atoms with van der Waals surface area (Å²) < 4.78 is 10.7. The highest BCUT2D eigenvalue weighted by atomic mass is 35.5. The molecule has 0 bridgehead atoms. The Hall–Kier alpha value is -2.53. The van der Waals surface area contributed by atoms with Crippen molar-refractivity contribution in [1.82, 2.24) is 9.97 Å². The lowest BCUT2D eigenvalue weighted by atomic mass is 10.2. The normalized spacial score (nSPS) is 12.6. The van der Waals surface area contributed by atoms with Crippen LogP contribution in [0.4, 0.5) is 11.5 Å². The van der Waals surface area contributed by atoms with Crippen molar-refractivity contribution in [2.24, 2.45) is 0 Å². The SMILES string of the molecule is Clc1ccc2c(Nc3ccc4c(c3)OCO4)ncnc2c1. The average molecular weight is 300 g/mol. The molecule has 0 saturated heterocycles. The zero-order valence-corrected chi connectivity index (χ0v) is 11.6.